The van der Waals surface area contributed by atoms with E-state index in [1.165, 1.54) is 18.2 Å². The summed E-state index contributed by atoms with van der Waals surface area (Å²) >= 11 is 0. The molecule has 0 aromatic heterocycles. The first kappa shape index (κ1) is 12.5. The molecular weight excluding hydrogens is 230 g/mol. The van der Waals surface area contributed by atoms with Gasteiger partial charge < -0.3 is 15.5 Å². The Kier molecular flexibility index (Phi) is 3.87. The van der Waals surface area contributed by atoms with Crippen molar-refractivity contribution >= 4 is 5.91 Å². The number of amides is 1. The lowest BCUT2D eigenvalue weighted by atomic mass is 9.94. The quantitative estimate of drug-likeness (QED) is 0.566. The Hall–Kier alpha value is -1.97. The molecule has 96 valence electrons. The molecule has 1 atom stereocenters. The van der Waals surface area contributed by atoms with Crippen molar-refractivity contribution in [2.45, 2.75) is 19.3 Å². The van der Waals surface area contributed by atoms with Gasteiger partial charge in [0.2, 0.25) is 0 Å². The smallest absolute Gasteiger partial charge is 0.255 e. The molecule has 0 saturated carbocycles. The molecule has 1 aliphatic rings. The fourth-order valence-electron chi connectivity index (χ4n) is 2.09. The number of carbonyl (C=O) groups is 1. The largest absolute Gasteiger partial charge is 0.504 e. The Morgan fingerprint density at radius 2 is 2.17 bits per heavy atom. The highest BCUT2D eigenvalue weighted by molar-refractivity contribution is 5.97. The van der Waals surface area contributed by atoms with Crippen LogP contribution in [0.2, 0.25) is 0 Å². The van der Waals surface area contributed by atoms with Crippen LogP contribution in [-0.4, -0.2) is 22.7 Å². The van der Waals surface area contributed by atoms with E-state index in [2.05, 4.69) is 17.5 Å². The number of nitrogens with one attached hydrogen (secondary N) is 1. The minimum Gasteiger partial charge on any atom is -0.504 e. The number of phenolic OH excluding ortho intramolecular Hbond substituents is 2. The minimum atomic E-state index is -0.362. The summed E-state index contributed by atoms with van der Waals surface area (Å²) < 4.78 is 0. The van der Waals surface area contributed by atoms with Gasteiger partial charge in [-0.25, -0.2) is 0 Å². The van der Waals surface area contributed by atoms with Gasteiger partial charge in [-0.15, -0.1) is 0 Å². The maximum atomic E-state index is 11.9. The van der Waals surface area contributed by atoms with Crippen LogP contribution < -0.4 is 5.32 Å². The van der Waals surface area contributed by atoms with Crippen LogP contribution in [0.5, 0.6) is 11.5 Å². The summed E-state index contributed by atoms with van der Waals surface area (Å²) in [5.74, 6) is -0.529. The van der Waals surface area contributed by atoms with Crippen molar-refractivity contribution in [2.75, 3.05) is 6.54 Å². The van der Waals surface area contributed by atoms with Crippen LogP contribution in [0.1, 0.15) is 29.6 Å². The van der Waals surface area contributed by atoms with Crippen LogP contribution in [-0.2, 0) is 0 Å². The summed E-state index contributed by atoms with van der Waals surface area (Å²) in [4.78, 5) is 11.9. The highest BCUT2D eigenvalue weighted by Gasteiger charge is 2.16. The van der Waals surface area contributed by atoms with Gasteiger partial charge in [-0.1, -0.05) is 18.2 Å². The Labute approximate surface area is 106 Å². The van der Waals surface area contributed by atoms with Gasteiger partial charge in [0.15, 0.2) is 11.5 Å². The summed E-state index contributed by atoms with van der Waals surface area (Å²) in [5.41, 5.74) is 0.112. The molecule has 1 aromatic rings. The first-order valence-electron chi connectivity index (χ1n) is 6.12. The topological polar surface area (TPSA) is 69.6 Å². The van der Waals surface area contributed by atoms with Gasteiger partial charge in [-0.05, 0) is 37.3 Å². The third-order valence-corrected chi connectivity index (χ3v) is 3.19. The van der Waals surface area contributed by atoms with Crippen LogP contribution >= 0.6 is 0 Å². The molecule has 4 heteroatoms. The number of rotatable bonds is 3. The number of benzene rings is 1. The molecule has 3 N–H and O–H groups in total. The lowest BCUT2D eigenvalue weighted by molar-refractivity contribution is 0.0943. The fourth-order valence-corrected chi connectivity index (χ4v) is 2.09. The second-order valence-corrected chi connectivity index (χ2v) is 4.53. The number of carbonyl (C=O) groups excluding carboxylic acids is 1. The predicted octanol–water partition coefficient (Wildman–Crippen LogP) is 2.18. The molecule has 1 aromatic carbocycles. The molecular formula is C14H17NO3. The van der Waals surface area contributed by atoms with E-state index < -0.39 is 0 Å². The number of para-hydroxylation sites is 1. The second kappa shape index (κ2) is 5.58. The summed E-state index contributed by atoms with van der Waals surface area (Å²) in [7, 11) is 0. The normalized spacial score (nSPS) is 18.6. The maximum absolute atomic E-state index is 11.9. The zero-order chi connectivity index (χ0) is 13.0. The van der Waals surface area contributed by atoms with Crippen molar-refractivity contribution in [1.82, 2.24) is 5.32 Å². The van der Waals surface area contributed by atoms with Gasteiger partial charge >= 0.3 is 0 Å². The third-order valence-electron chi connectivity index (χ3n) is 3.19. The number of phenols is 2. The van der Waals surface area contributed by atoms with Crippen molar-refractivity contribution < 1.29 is 15.0 Å². The number of hydrogen-bond acceptors (Lipinski definition) is 3. The van der Waals surface area contributed by atoms with E-state index in [9.17, 15) is 15.0 Å². The molecule has 1 aliphatic carbocycles. The van der Waals surface area contributed by atoms with Gasteiger partial charge in [0, 0.05) is 6.54 Å². The van der Waals surface area contributed by atoms with Crippen LogP contribution in [0.15, 0.2) is 30.4 Å². The molecule has 0 saturated heterocycles. The van der Waals surface area contributed by atoms with E-state index in [1.54, 1.807) is 0 Å². The van der Waals surface area contributed by atoms with E-state index in [0.29, 0.717) is 12.5 Å². The van der Waals surface area contributed by atoms with Crippen molar-refractivity contribution in [1.29, 1.82) is 0 Å². The summed E-state index contributed by atoms with van der Waals surface area (Å²) in [6.07, 6.45) is 7.39. The third kappa shape index (κ3) is 2.83. The Morgan fingerprint density at radius 3 is 2.89 bits per heavy atom. The van der Waals surface area contributed by atoms with Gasteiger partial charge in [0.05, 0.1) is 5.56 Å². The van der Waals surface area contributed by atoms with Crippen molar-refractivity contribution in [3.63, 3.8) is 0 Å². The van der Waals surface area contributed by atoms with Gasteiger partial charge in [0.1, 0.15) is 0 Å². The molecule has 0 heterocycles. The predicted molar refractivity (Wildman–Crippen MR) is 68.6 cm³/mol. The van der Waals surface area contributed by atoms with Gasteiger partial charge in [0.25, 0.3) is 5.91 Å². The molecule has 0 fully saturated rings. The SMILES string of the molecule is O=C(NCC1CC=CCC1)c1cccc(O)c1O. The molecule has 0 spiro atoms. The van der Waals surface area contributed by atoms with Crippen LogP contribution in [0.25, 0.3) is 0 Å². The Balaban J connectivity index is 1.95. The van der Waals surface area contributed by atoms with E-state index in [-0.39, 0.29) is 23.0 Å². The van der Waals surface area contributed by atoms with Gasteiger partial charge in [-0.3, -0.25) is 4.79 Å². The lowest BCUT2D eigenvalue weighted by Gasteiger charge is -2.18. The maximum Gasteiger partial charge on any atom is 0.255 e. The average molecular weight is 247 g/mol. The first-order chi connectivity index (χ1) is 8.68. The summed E-state index contributed by atoms with van der Waals surface area (Å²) in [6.45, 7) is 0.596. The molecule has 2 rings (SSSR count). The van der Waals surface area contributed by atoms with Crippen LogP contribution in [0.3, 0.4) is 0 Å². The fraction of sp³-hybridized carbons (Fsp3) is 0.357. The zero-order valence-corrected chi connectivity index (χ0v) is 10.1. The minimum absolute atomic E-state index is 0.112. The molecule has 18 heavy (non-hydrogen) atoms. The van der Waals surface area contributed by atoms with Crippen molar-refractivity contribution in [2.24, 2.45) is 5.92 Å². The average Bonchev–Trinajstić information content (AvgIpc) is 2.40. The van der Waals surface area contributed by atoms with Crippen molar-refractivity contribution in [3.05, 3.63) is 35.9 Å². The monoisotopic (exact) mass is 247 g/mol. The number of allylic oxidation sites excluding steroid dienone is 2. The van der Waals surface area contributed by atoms with E-state index in [0.717, 1.165) is 19.3 Å². The van der Waals surface area contributed by atoms with Crippen LogP contribution in [0, 0.1) is 5.92 Å². The standard InChI is InChI=1S/C14H17NO3/c16-12-8-4-7-11(13(12)17)14(18)15-9-10-5-2-1-3-6-10/h1-2,4,7-8,10,16-17H,3,5-6,9H2,(H,15,18). The van der Waals surface area contributed by atoms with Crippen molar-refractivity contribution in [3.8, 4) is 11.5 Å². The summed E-state index contributed by atoms with van der Waals surface area (Å²) in [5, 5.41) is 21.7. The molecule has 0 bridgehead atoms. The Morgan fingerprint density at radius 1 is 1.33 bits per heavy atom. The number of hydrogen-bond donors (Lipinski definition) is 3. The Bertz CT molecular complexity index is 468. The molecule has 0 aliphatic heterocycles. The molecule has 4 nitrogen and oxygen atoms in total. The van der Waals surface area contributed by atoms with E-state index >= 15 is 0 Å². The molecule has 1 amide bonds. The highest BCUT2D eigenvalue weighted by atomic mass is 16.3. The zero-order valence-electron chi connectivity index (χ0n) is 10.1. The van der Waals surface area contributed by atoms with E-state index in [1.807, 2.05) is 0 Å². The number of aromatic hydroxyl groups is 2. The highest BCUT2D eigenvalue weighted by Crippen LogP contribution is 2.28. The van der Waals surface area contributed by atoms with Crippen LogP contribution in [0.4, 0.5) is 0 Å². The summed E-state index contributed by atoms with van der Waals surface area (Å²) in [6, 6.07) is 4.37. The first-order valence-corrected chi connectivity index (χ1v) is 6.12. The molecule has 1 unspecified atom stereocenters. The molecule has 0 radical (unpaired) electrons. The van der Waals surface area contributed by atoms with E-state index in [4.69, 9.17) is 0 Å². The second-order valence-electron chi connectivity index (χ2n) is 4.53. The van der Waals surface area contributed by atoms with Gasteiger partial charge in [-0.2, -0.15) is 0 Å². The lowest BCUT2D eigenvalue weighted by Crippen LogP contribution is -2.29.